The second kappa shape index (κ2) is 8.20. The number of carbonyl (C=O) groups is 1. The minimum atomic E-state index is -0.201. The smallest absolute Gasteiger partial charge is 0.240 e. The van der Waals surface area contributed by atoms with Crippen LogP contribution >= 0.6 is 0 Å². The van der Waals surface area contributed by atoms with Gasteiger partial charge in [0, 0.05) is 26.2 Å². The highest BCUT2D eigenvalue weighted by molar-refractivity contribution is 5.82. The standard InChI is InChI=1S/C22H26N2O4/c1-27-21-12-16(6-7-20(21)25)14-24-15-18-5-3-2-4-17(18)13-19(24)22(26)23-8-10-28-11-9-23/h2-7,12,19,25H,8-11,13-15H2,1H3/t19-/m1/s1. The Kier molecular flexibility index (Phi) is 5.50. The zero-order valence-electron chi connectivity index (χ0n) is 16.1. The number of fused-ring (bicyclic) bond motifs is 1. The minimum Gasteiger partial charge on any atom is -0.504 e. The van der Waals surface area contributed by atoms with E-state index in [0.717, 1.165) is 12.1 Å². The molecule has 4 rings (SSSR count). The number of carbonyl (C=O) groups excluding carboxylic acids is 1. The van der Waals surface area contributed by atoms with Gasteiger partial charge in [-0.1, -0.05) is 30.3 Å². The number of phenolic OH excluding ortho intramolecular Hbond substituents is 1. The van der Waals surface area contributed by atoms with Crippen LogP contribution in [0.5, 0.6) is 11.5 Å². The van der Waals surface area contributed by atoms with Gasteiger partial charge in [0.15, 0.2) is 11.5 Å². The van der Waals surface area contributed by atoms with Crippen molar-refractivity contribution in [2.45, 2.75) is 25.6 Å². The van der Waals surface area contributed by atoms with E-state index in [1.54, 1.807) is 13.2 Å². The van der Waals surface area contributed by atoms with E-state index in [2.05, 4.69) is 17.0 Å². The summed E-state index contributed by atoms with van der Waals surface area (Å²) in [6.45, 7) is 3.84. The van der Waals surface area contributed by atoms with Gasteiger partial charge >= 0.3 is 0 Å². The molecule has 28 heavy (non-hydrogen) atoms. The summed E-state index contributed by atoms with van der Waals surface area (Å²) in [6.07, 6.45) is 0.710. The highest BCUT2D eigenvalue weighted by Crippen LogP contribution is 2.30. The van der Waals surface area contributed by atoms with Gasteiger partial charge < -0.3 is 19.5 Å². The maximum Gasteiger partial charge on any atom is 0.240 e. The van der Waals surface area contributed by atoms with Crippen molar-refractivity contribution in [1.82, 2.24) is 9.80 Å². The second-order valence-electron chi connectivity index (χ2n) is 7.34. The van der Waals surface area contributed by atoms with Crippen molar-refractivity contribution in [3.05, 3.63) is 59.2 Å². The van der Waals surface area contributed by atoms with Crippen LogP contribution in [0, 0.1) is 0 Å². The van der Waals surface area contributed by atoms with Crippen molar-refractivity contribution >= 4 is 5.91 Å². The number of hydrogen-bond donors (Lipinski definition) is 1. The van der Waals surface area contributed by atoms with E-state index < -0.39 is 0 Å². The lowest BCUT2D eigenvalue weighted by Gasteiger charge is -2.39. The highest BCUT2D eigenvalue weighted by Gasteiger charge is 2.34. The van der Waals surface area contributed by atoms with Crippen LogP contribution < -0.4 is 4.74 Å². The molecule has 0 aliphatic carbocycles. The number of ether oxygens (including phenoxy) is 2. The average Bonchev–Trinajstić information content (AvgIpc) is 2.74. The van der Waals surface area contributed by atoms with Gasteiger partial charge in [-0.15, -0.1) is 0 Å². The first-order chi connectivity index (χ1) is 13.7. The molecule has 1 N–H and O–H groups in total. The van der Waals surface area contributed by atoms with E-state index in [-0.39, 0.29) is 17.7 Å². The number of nitrogens with zero attached hydrogens (tertiary/aromatic N) is 2. The van der Waals surface area contributed by atoms with E-state index in [1.807, 2.05) is 29.2 Å². The maximum absolute atomic E-state index is 13.3. The van der Waals surface area contributed by atoms with Gasteiger partial charge in [0.25, 0.3) is 0 Å². The van der Waals surface area contributed by atoms with Crippen molar-refractivity contribution in [1.29, 1.82) is 0 Å². The van der Waals surface area contributed by atoms with Gasteiger partial charge in [0.1, 0.15) is 0 Å². The summed E-state index contributed by atoms with van der Waals surface area (Å²) in [4.78, 5) is 17.5. The van der Waals surface area contributed by atoms with Crippen LogP contribution in [0.1, 0.15) is 16.7 Å². The van der Waals surface area contributed by atoms with Gasteiger partial charge in [-0.05, 0) is 35.2 Å². The van der Waals surface area contributed by atoms with E-state index in [0.29, 0.717) is 45.0 Å². The molecule has 1 saturated heterocycles. The quantitative estimate of drug-likeness (QED) is 0.878. The average molecular weight is 382 g/mol. The van der Waals surface area contributed by atoms with Gasteiger partial charge in [-0.3, -0.25) is 9.69 Å². The number of morpholine rings is 1. The fraction of sp³-hybridized carbons (Fsp3) is 0.409. The number of aromatic hydroxyl groups is 1. The summed E-state index contributed by atoms with van der Waals surface area (Å²) in [5, 5.41) is 9.87. The van der Waals surface area contributed by atoms with Crippen molar-refractivity contribution in [2.24, 2.45) is 0 Å². The number of hydrogen-bond acceptors (Lipinski definition) is 5. The van der Waals surface area contributed by atoms with Crippen LogP contribution in [0.4, 0.5) is 0 Å². The fourth-order valence-corrected chi connectivity index (χ4v) is 4.04. The van der Waals surface area contributed by atoms with E-state index in [9.17, 15) is 9.90 Å². The van der Waals surface area contributed by atoms with Crippen molar-refractivity contribution < 1.29 is 19.4 Å². The predicted molar refractivity (Wildman–Crippen MR) is 105 cm³/mol. The molecule has 0 radical (unpaired) electrons. The normalized spacial score (nSPS) is 19.9. The summed E-state index contributed by atoms with van der Waals surface area (Å²) in [5.74, 6) is 0.741. The molecule has 1 amide bonds. The number of rotatable bonds is 4. The molecule has 6 heteroatoms. The second-order valence-corrected chi connectivity index (χ2v) is 7.34. The molecule has 2 aliphatic heterocycles. The van der Waals surface area contributed by atoms with E-state index in [1.165, 1.54) is 11.1 Å². The maximum atomic E-state index is 13.3. The lowest BCUT2D eigenvalue weighted by Crippen LogP contribution is -2.53. The Morgan fingerprint density at radius 3 is 2.68 bits per heavy atom. The lowest BCUT2D eigenvalue weighted by atomic mass is 9.92. The van der Waals surface area contributed by atoms with Crippen molar-refractivity contribution in [2.75, 3.05) is 33.4 Å². The molecule has 1 fully saturated rings. The summed E-state index contributed by atoms with van der Waals surface area (Å²) in [6, 6.07) is 13.5. The molecule has 148 valence electrons. The van der Waals surface area contributed by atoms with Crippen LogP contribution in [0.3, 0.4) is 0 Å². The molecule has 2 aliphatic rings. The molecule has 0 spiro atoms. The van der Waals surface area contributed by atoms with Gasteiger partial charge in [0.2, 0.25) is 5.91 Å². The molecule has 2 aromatic carbocycles. The van der Waals surface area contributed by atoms with Gasteiger partial charge in [-0.25, -0.2) is 0 Å². The third kappa shape index (κ3) is 3.84. The Balaban J connectivity index is 1.60. The van der Waals surface area contributed by atoms with E-state index >= 15 is 0 Å². The molecule has 0 aromatic heterocycles. The number of methoxy groups -OCH3 is 1. The summed E-state index contributed by atoms with van der Waals surface area (Å²) < 4.78 is 10.7. The van der Waals surface area contributed by atoms with Gasteiger partial charge in [0.05, 0.1) is 26.4 Å². The topological polar surface area (TPSA) is 62.2 Å². The molecule has 2 aromatic rings. The molecule has 6 nitrogen and oxygen atoms in total. The number of phenols is 1. The van der Waals surface area contributed by atoms with Gasteiger partial charge in [-0.2, -0.15) is 0 Å². The molecule has 0 saturated carbocycles. The first-order valence-corrected chi connectivity index (χ1v) is 9.69. The fourth-order valence-electron chi connectivity index (χ4n) is 4.04. The van der Waals surface area contributed by atoms with Crippen LogP contribution in [0.15, 0.2) is 42.5 Å². The third-order valence-electron chi connectivity index (χ3n) is 5.58. The van der Waals surface area contributed by atoms with Crippen molar-refractivity contribution in [3.8, 4) is 11.5 Å². The van der Waals surface area contributed by atoms with Crippen LogP contribution in [-0.2, 0) is 29.0 Å². The summed E-state index contributed by atoms with van der Waals surface area (Å²) in [7, 11) is 1.54. The zero-order valence-corrected chi connectivity index (χ0v) is 16.1. The minimum absolute atomic E-state index is 0.121. The highest BCUT2D eigenvalue weighted by atomic mass is 16.5. The lowest BCUT2D eigenvalue weighted by molar-refractivity contribution is -0.142. The Bertz CT molecular complexity index is 848. The number of amides is 1. The number of benzene rings is 2. The SMILES string of the molecule is COc1cc(CN2Cc3ccccc3C[C@@H]2C(=O)N2CCOCC2)ccc1O. The van der Waals surface area contributed by atoms with Crippen LogP contribution in [0.2, 0.25) is 0 Å². The third-order valence-corrected chi connectivity index (χ3v) is 5.58. The Hall–Kier alpha value is -2.57. The molecule has 2 heterocycles. The first kappa shape index (κ1) is 18.8. The molecule has 1 atom stereocenters. The van der Waals surface area contributed by atoms with Crippen LogP contribution in [-0.4, -0.2) is 60.3 Å². The van der Waals surface area contributed by atoms with Crippen molar-refractivity contribution in [3.63, 3.8) is 0 Å². The Labute approximate surface area is 165 Å². The Morgan fingerprint density at radius 1 is 1.18 bits per heavy atom. The molecular weight excluding hydrogens is 356 g/mol. The summed E-state index contributed by atoms with van der Waals surface area (Å²) >= 11 is 0. The monoisotopic (exact) mass is 382 g/mol. The molecule has 0 unspecified atom stereocenters. The predicted octanol–water partition coefficient (Wildman–Crippen LogP) is 2.19. The Morgan fingerprint density at radius 2 is 1.93 bits per heavy atom. The first-order valence-electron chi connectivity index (χ1n) is 9.69. The summed E-state index contributed by atoms with van der Waals surface area (Å²) in [5.41, 5.74) is 3.52. The van der Waals surface area contributed by atoms with Crippen LogP contribution in [0.25, 0.3) is 0 Å². The molecule has 0 bridgehead atoms. The zero-order chi connectivity index (χ0) is 19.5. The largest absolute Gasteiger partial charge is 0.504 e. The van der Waals surface area contributed by atoms with E-state index in [4.69, 9.17) is 9.47 Å². The molecular formula is C22H26N2O4.